The highest BCUT2D eigenvalue weighted by atomic mass is 16.7. The van der Waals surface area contributed by atoms with Crippen molar-refractivity contribution in [1.29, 1.82) is 0 Å². The summed E-state index contributed by atoms with van der Waals surface area (Å²) in [4.78, 5) is 13.2. The van der Waals surface area contributed by atoms with Gasteiger partial charge in [0.1, 0.15) is 36.6 Å². The van der Waals surface area contributed by atoms with E-state index in [1.165, 1.54) is 186 Å². The Balaban J connectivity index is 2.21. The van der Waals surface area contributed by atoms with Crippen molar-refractivity contribution >= 4 is 5.91 Å². The molecule has 0 aromatic rings. The Labute approximate surface area is 423 Å². The largest absolute Gasteiger partial charge is 0.394 e. The maximum absolute atomic E-state index is 13.2. The summed E-state index contributed by atoms with van der Waals surface area (Å²) in [5.41, 5.74) is 0. The molecular weight excluding hydrogens is 871 g/mol. The van der Waals surface area contributed by atoms with Crippen LogP contribution < -0.4 is 5.32 Å². The lowest BCUT2D eigenvalue weighted by molar-refractivity contribution is -0.303. The molecule has 0 bridgehead atoms. The molecule has 1 fully saturated rings. The zero-order chi connectivity index (χ0) is 50.4. The molecule has 9 atom stereocenters. The van der Waals surface area contributed by atoms with Crippen LogP contribution in [0, 0.1) is 0 Å². The van der Waals surface area contributed by atoms with E-state index in [0.29, 0.717) is 19.3 Å². The molecule has 0 aromatic heterocycles. The first-order valence-electron chi connectivity index (χ1n) is 29.2. The molecular formula is C58H111NO10. The molecule has 408 valence electrons. The number of amides is 1. The second-order valence-electron chi connectivity index (χ2n) is 20.7. The third-order valence-corrected chi connectivity index (χ3v) is 14.3. The van der Waals surface area contributed by atoms with Crippen molar-refractivity contribution in [3.05, 3.63) is 24.3 Å². The van der Waals surface area contributed by atoms with Gasteiger partial charge in [-0.3, -0.25) is 4.79 Å². The molecule has 0 saturated carbocycles. The van der Waals surface area contributed by atoms with Gasteiger partial charge in [0.05, 0.1) is 25.4 Å². The Morgan fingerprint density at radius 1 is 0.507 bits per heavy atom. The Bertz CT molecular complexity index is 1170. The molecule has 1 heterocycles. The molecule has 0 aromatic carbocycles. The van der Waals surface area contributed by atoms with Crippen LogP contribution in [-0.4, -0.2) is 110 Å². The van der Waals surface area contributed by atoms with E-state index >= 15 is 0 Å². The summed E-state index contributed by atoms with van der Waals surface area (Å²) < 4.78 is 11.1. The number of hydrogen-bond donors (Lipinski definition) is 8. The van der Waals surface area contributed by atoms with Crippen molar-refractivity contribution in [1.82, 2.24) is 5.32 Å². The van der Waals surface area contributed by atoms with Crippen molar-refractivity contribution in [2.24, 2.45) is 0 Å². The second-order valence-corrected chi connectivity index (χ2v) is 20.7. The molecule has 69 heavy (non-hydrogen) atoms. The van der Waals surface area contributed by atoms with Gasteiger partial charge in [0.2, 0.25) is 5.91 Å². The lowest BCUT2D eigenvalue weighted by Crippen LogP contribution is -2.60. The minimum Gasteiger partial charge on any atom is -0.394 e. The topological polar surface area (TPSA) is 189 Å². The summed E-state index contributed by atoms with van der Waals surface area (Å²) in [5.74, 6) is -0.695. The van der Waals surface area contributed by atoms with Gasteiger partial charge in [0, 0.05) is 0 Å². The number of rotatable bonds is 50. The van der Waals surface area contributed by atoms with Crippen LogP contribution in [0.15, 0.2) is 24.3 Å². The molecule has 0 aliphatic carbocycles. The molecule has 1 saturated heterocycles. The number of allylic oxidation sites excluding steroid dienone is 4. The third-order valence-electron chi connectivity index (χ3n) is 14.3. The number of aliphatic hydroxyl groups is 7. The summed E-state index contributed by atoms with van der Waals surface area (Å²) in [7, 11) is 0. The molecule has 8 N–H and O–H groups in total. The maximum Gasteiger partial charge on any atom is 0.249 e. The first-order chi connectivity index (χ1) is 33.7. The Morgan fingerprint density at radius 3 is 1.29 bits per heavy atom. The summed E-state index contributed by atoms with van der Waals surface area (Å²) in [6.45, 7) is 3.46. The predicted molar refractivity (Wildman–Crippen MR) is 284 cm³/mol. The van der Waals surface area contributed by atoms with Gasteiger partial charge in [-0.1, -0.05) is 250 Å². The second kappa shape index (κ2) is 47.6. The Morgan fingerprint density at radius 2 is 0.884 bits per heavy atom. The SMILES string of the molecule is CCCCCCCCCCC/C=C\C/C=C\CCCCCCCCCCCCCCCCC(O)C(=O)NC(COC1OC(CO)C(O)C(O)C1O)C(O)C(O)CCCCCCCCCCCCCC. The van der Waals surface area contributed by atoms with Gasteiger partial charge in [-0.25, -0.2) is 0 Å². The molecule has 11 nitrogen and oxygen atoms in total. The van der Waals surface area contributed by atoms with E-state index in [0.717, 1.165) is 44.9 Å². The lowest BCUT2D eigenvalue weighted by atomic mass is 9.98. The molecule has 1 aliphatic rings. The molecule has 1 amide bonds. The minimum absolute atomic E-state index is 0.261. The minimum atomic E-state index is -1.66. The van der Waals surface area contributed by atoms with E-state index in [2.05, 4.69) is 43.5 Å². The highest BCUT2D eigenvalue weighted by molar-refractivity contribution is 5.80. The highest BCUT2D eigenvalue weighted by Crippen LogP contribution is 2.23. The molecule has 0 spiro atoms. The van der Waals surface area contributed by atoms with Gasteiger partial charge in [-0.15, -0.1) is 0 Å². The van der Waals surface area contributed by atoms with Gasteiger partial charge in [0.15, 0.2) is 6.29 Å². The van der Waals surface area contributed by atoms with Crippen molar-refractivity contribution < 1.29 is 50.0 Å². The summed E-state index contributed by atoms with van der Waals surface area (Å²) in [5, 5.41) is 76.0. The Hall–Kier alpha value is -1.41. The first kappa shape index (κ1) is 65.6. The Kier molecular flexibility index (Phi) is 45.2. The number of unbranched alkanes of at least 4 members (excludes halogenated alkanes) is 34. The van der Waals surface area contributed by atoms with E-state index in [4.69, 9.17) is 9.47 Å². The summed E-state index contributed by atoms with van der Waals surface area (Å²) in [6.07, 6.45) is 45.3. The van der Waals surface area contributed by atoms with Crippen LogP contribution in [0.5, 0.6) is 0 Å². The van der Waals surface area contributed by atoms with E-state index < -0.39 is 74.2 Å². The van der Waals surface area contributed by atoms with Crippen LogP contribution >= 0.6 is 0 Å². The van der Waals surface area contributed by atoms with Crippen LogP contribution in [0.25, 0.3) is 0 Å². The van der Waals surface area contributed by atoms with Crippen molar-refractivity contribution in [2.45, 2.75) is 326 Å². The average molecular weight is 983 g/mol. The summed E-state index contributed by atoms with van der Waals surface area (Å²) >= 11 is 0. The number of nitrogens with one attached hydrogen (secondary N) is 1. The fourth-order valence-electron chi connectivity index (χ4n) is 9.47. The average Bonchev–Trinajstić information content (AvgIpc) is 3.35. The maximum atomic E-state index is 13.2. The van der Waals surface area contributed by atoms with Crippen LogP contribution in [0.4, 0.5) is 0 Å². The van der Waals surface area contributed by atoms with E-state index in [1.807, 2.05) is 0 Å². The van der Waals surface area contributed by atoms with Crippen molar-refractivity contribution in [3.8, 4) is 0 Å². The van der Waals surface area contributed by atoms with E-state index in [9.17, 15) is 40.5 Å². The fourth-order valence-corrected chi connectivity index (χ4v) is 9.47. The number of hydrogen-bond acceptors (Lipinski definition) is 10. The fraction of sp³-hybridized carbons (Fsp3) is 0.914. The van der Waals surface area contributed by atoms with Crippen LogP contribution in [0.2, 0.25) is 0 Å². The van der Waals surface area contributed by atoms with Crippen molar-refractivity contribution in [2.75, 3.05) is 13.2 Å². The molecule has 11 heteroatoms. The zero-order valence-electron chi connectivity index (χ0n) is 44.6. The first-order valence-corrected chi connectivity index (χ1v) is 29.2. The van der Waals surface area contributed by atoms with Crippen LogP contribution in [0.1, 0.15) is 271 Å². The van der Waals surface area contributed by atoms with Gasteiger partial charge in [-0.2, -0.15) is 0 Å². The molecule has 1 rings (SSSR count). The predicted octanol–water partition coefficient (Wildman–Crippen LogP) is 12.1. The van der Waals surface area contributed by atoms with E-state index in [1.54, 1.807) is 0 Å². The summed E-state index contributed by atoms with van der Waals surface area (Å²) in [6, 6.07) is -1.17. The van der Waals surface area contributed by atoms with Gasteiger partial charge in [0.25, 0.3) is 0 Å². The van der Waals surface area contributed by atoms with Crippen LogP contribution in [-0.2, 0) is 14.3 Å². The molecule has 0 radical (unpaired) electrons. The zero-order valence-corrected chi connectivity index (χ0v) is 44.6. The van der Waals surface area contributed by atoms with Gasteiger partial charge < -0.3 is 50.5 Å². The normalized spacial score (nSPS) is 20.5. The number of carbonyl (C=O) groups is 1. The monoisotopic (exact) mass is 982 g/mol. The lowest BCUT2D eigenvalue weighted by Gasteiger charge is -2.40. The van der Waals surface area contributed by atoms with Gasteiger partial charge >= 0.3 is 0 Å². The number of aliphatic hydroxyl groups excluding tert-OH is 7. The third kappa shape index (κ3) is 36.2. The smallest absolute Gasteiger partial charge is 0.249 e. The van der Waals surface area contributed by atoms with E-state index in [-0.39, 0.29) is 6.42 Å². The molecule has 9 unspecified atom stereocenters. The number of ether oxygens (including phenoxy) is 2. The standard InChI is InChI=1S/C58H111NO10/c1-3-5-7-9-11-13-15-17-18-19-20-21-22-23-24-25-26-27-28-29-30-31-32-33-34-36-38-40-42-44-46-51(62)57(67)59-49(48-68-58-56(66)55(65)54(64)52(47-60)69-58)53(63)50(61)45-43-41-39-37-35-16-14-12-10-8-6-4-2/h20-21,23-24,49-56,58,60-66H,3-19,22,25-48H2,1-2H3,(H,59,67)/b21-20-,24-23-. The number of carbonyl (C=O) groups excluding carboxylic acids is 1. The van der Waals surface area contributed by atoms with Gasteiger partial charge in [-0.05, 0) is 44.9 Å². The highest BCUT2D eigenvalue weighted by Gasteiger charge is 2.44. The van der Waals surface area contributed by atoms with Crippen LogP contribution in [0.3, 0.4) is 0 Å². The molecule has 1 aliphatic heterocycles. The van der Waals surface area contributed by atoms with Crippen molar-refractivity contribution in [3.63, 3.8) is 0 Å². The quantitative estimate of drug-likeness (QED) is 0.0215.